The van der Waals surface area contributed by atoms with E-state index in [4.69, 9.17) is 5.84 Å². The van der Waals surface area contributed by atoms with Crippen LogP contribution in [0.15, 0.2) is 41.4 Å². The zero-order valence-electron chi connectivity index (χ0n) is 10.7. The molecule has 112 valence electrons. The van der Waals surface area contributed by atoms with E-state index in [9.17, 15) is 17.2 Å². The molecule has 4 N–H and O–H groups in total. The third-order valence-corrected chi connectivity index (χ3v) is 4.09. The Bertz CT molecular complexity index is 753. The fraction of sp³-hybridized carbons (Fsp3) is 0.0833. The monoisotopic (exact) mass is 314 g/mol. The highest BCUT2D eigenvalue weighted by atomic mass is 32.2. The number of nitrogens with zero attached hydrogens (tertiary/aromatic N) is 1. The molecule has 0 unspecified atom stereocenters. The number of hydrogen-bond acceptors (Lipinski definition) is 5. The minimum atomic E-state index is -3.97. The molecule has 1 aromatic carbocycles. The number of sulfonamides is 1. The van der Waals surface area contributed by atoms with E-state index in [0.717, 1.165) is 18.2 Å². The Labute approximate surface area is 120 Å². The second-order valence-corrected chi connectivity index (χ2v) is 5.79. The summed E-state index contributed by atoms with van der Waals surface area (Å²) in [4.78, 5) is 3.57. The van der Waals surface area contributed by atoms with Gasteiger partial charge in [0, 0.05) is 18.3 Å². The van der Waals surface area contributed by atoms with Gasteiger partial charge in [-0.05, 0) is 30.3 Å². The lowest BCUT2D eigenvalue weighted by atomic mass is 10.2. The Morgan fingerprint density at radius 1 is 1.24 bits per heavy atom. The summed E-state index contributed by atoms with van der Waals surface area (Å²) < 4.78 is 52.9. The van der Waals surface area contributed by atoms with Crippen molar-refractivity contribution >= 4 is 15.8 Å². The minimum absolute atomic E-state index is 0.0512. The Hall–Kier alpha value is -2.10. The largest absolute Gasteiger partial charge is 0.307 e. The molecule has 2 aromatic rings. The van der Waals surface area contributed by atoms with Crippen LogP contribution in [-0.2, 0) is 16.6 Å². The number of benzene rings is 1. The first-order valence-electron chi connectivity index (χ1n) is 5.79. The van der Waals surface area contributed by atoms with Crippen molar-refractivity contribution in [3.05, 3.63) is 53.7 Å². The van der Waals surface area contributed by atoms with Crippen molar-refractivity contribution in [2.24, 2.45) is 5.84 Å². The lowest BCUT2D eigenvalue weighted by molar-refractivity contribution is 0.567. The van der Waals surface area contributed by atoms with E-state index in [0.29, 0.717) is 0 Å². The van der Waals surface area contributed by atoms with Crippen LogP contribution in [0.3, 0.4) is 0 Å². The van der Waals surface area contributed by atoms with E-state index < -0.39 is 28.2 Å². The molecule has 0 fully saturated rings. The first-order valence-corrected chi connectivity index (χ1v) is 7.27. The van der Waals surface area contributed by atoms with Crippen LogP contribution >= 0.6 is 0 Å². The van der Waals surface area contributed by atoms with Gasteiger partial charge in [-0.25, -0.2) is 32.7 Å². The molecule has 1 heterocycles. The summed E-state index contributed by atoms with van der Waals surface area (Å²) >= 11 is 0. The van der Waals surface area contributed by atoms with Crippen LogP contribution in [-0.4, -0.2) is 13.4 Å². The number of halogens is 2. The fourth-order valence-electron chi connectivity index (χ4n) is 1.65. The van der Waals surface area contributed by atoms with Crippen molar-refractivity contribution in [2.75, 3.05) is 5.43 Å². The van der Waals surface area contributed by atoms with Gasteiger partial charge in [0.15, 0.2) is 5.82 Å². The molecule has 21 heavy (non-hydrogen) atoms. The van der Waals surface area contributed by atoms with Gasteiger partial charge in [0.1, 0.15) is 16.5 Å². The molecule has 0 saturated carbocycles. The lowest BCUT2D eigenvalue weighted by Gasteiger charge is -2.10. The van der Waals surface area contributed by atoms with Crippen molar-refractivity contribution in [3.8, 4) is 0 Å². The van der Waals surface area contributed by atoms with Crippen molar-refractivity contribution < 1.29 is 17.2 Å². The van der Waals surface area contributed by atoms with E-state index in [-0.39, 0.29) is 16.3 Å². The predicted octanol–water partition coefficient (Wildman–Crippen LogP) is 1.12. The highest BCUT2D eigenvalue weighted by molar-refractivity contribution is 7.89. The van der Waals surface area contributed by atoms with Gasteiger partial charge in [0.05, 0.1) is 0 Å². The van der Waals surface area contributed by atoms with Crippen LogP contribution in [0.5, 0.6) is 0 Å². The van der Waals surface area contributed by atoms with Gasteiger partial charge in [-0.15, -0.1) is 0 Å². The maximum Gasteiger partial charge on any atom is 0.244 e. The molecule has 1 aromatic heterocycles. The number of pyridine rings is 1. The van der Waals surface area contributed by atoms with Crippen molar-refractivity contribution in [1.82, 2.24) is 9.71 Å². The van der Waals surface area contributed by atoms with Gasteiger partial charge in [0.2, 0.25) is 10.0 Å². The Morgan fingerprint density at radius 3 is 2.71 bits per heavy atom. The van der Waals surface area contributed by atoms with Crippen LogP contribution in [0.25, 0.3) is 0 Å². The van der Waals surface area contributed by atoms with Crippen molar-refractivity contribution in [1.29, 1.82) is 0 Å². The minimum Gasteiger partial charge on any atom is -0.307 e. The van der Waals surface area contributed by atoms with Crippen LogP contribution in [0.4, 0.5) is 14.6 Å². The second-order valence-electron chi connectivity index (χ2n) is 4.05. The second kappa shape index (κ2) is 6.12. The molecule has 6 nitrogen and oxygen atoms in total. The number of hydrazine groups is 1. The van der Waals surface area contributed by atoms with Crippen LogP contribution < -0.4 is 16.0 Å². The summed E-state index contributed by atoms with van der Waals surface area (Å²) in [7, 11) is -3.97. The molecule has 0 spiro atoms. The van der Waals surface area contributed by atoms with E-state index in [2.05, 4.69) is 15.1 Å². The maximum absolute atomic E-state index is 13.4. The van der Waals surface area contributed by atoms with Crippen LogP contribution in [0.1, 0.15) is 5.56 Å². The summed E-state index contributed by atoms with van der Waals surface area (Å²) in [5, 5.41) is 0. The molecule has 9 heteroatoms. The third-order valence-electron chi connectivity index (χ3n) is 2.66. The number of anilines is 1. The number of rotatable bonds is 5. The highest BCUT2D eigenvalue weighted by Crippen LogP contribution is 2.17. The smallest absolute Gasteiger partial charge is 0.244 e. The summed E-state index contributed by atoms with van der Waals surface area (Å²) in [6.07, 6.45) is 1.36. The topological polar surface area (TPSA) is 97.1 Å². The molecule has 0 aliphatic rings. The van der Waals surface area contributed by atoms with Gasteiger partial charge in [-0.1, -0.05) is 0 Å². The van der Waals surface area contributed by atoms with Gasteiger partial charge in [-0.3, -0.25) is 0 Å². The van der Waals surface area contributed by atoms with Gasteiger partial charge >= 0.3 is 0 Å². The third kappa shape index (κ3) is 3.51. The van der Waals surface area contributed by atoms with E-state index in [1.165, 1.54) is 18.3 Å². The Morgan fingerprint density at radius 2 is 2.00 bits per heavy atom. The number of aromatic nitrogens is 1. The highest BCUT2D eigenvalue weighted by Gasteiger charge is 2.19. The number of nitrogens with one attached hydrogen (secondary N) is 2. The number of nitrogen functional groups attached to an aromatic ring is 1. The molecule has 0 atom stereocenters. The Kier molecular flexibility index (Phi) is 4.46. The van der Waals surface area contributed by atoms with E-state index in [1.54, 1.807) is 0 Å². The molecule has 0 aliphatic heterocycles. The van der Waals surface area contributed by atoms with Crippen LogP contribution in [0.2, 0.25) is 0 Å². The zero-order chi connectivity index (χ0) is 15.5. The Balaban J connectivity index is 2.24. The fourth-order valence-corrected chi connectivity index (χ4v) is 2.77. The SMILES string of the molecule is NNc1ncccc1S(=O)(=O)NCc1cc(F)ccc1F. The molecule has 0 bridgehead atoms. The first-order chi connectivity index (χ1) is 9.94. The zero-order valence-corrected chi connectivity index (χ0v) is 11.5. The normalized spacial score (nSPS) is 11.4. The molecule has 0 aliphatic carbocycles. The van der Waals surface area contributed by atoms with Gasteiger partial charge in [0.25, 0.3) is 0 Å². The van der Waals surface area contributed by atoms with Gasteiger partial charge in [-0.2, -0.15) is 0 Å². The average Bonchev–Trinajstić information content (AvgIpc) is 2.48. The predicted molar refractivity (Wildman–Crippen MR) is 72.4 cm³/mol. The summed E-state index contributed by atoms with van der Waals surface area (Å²) in [6.45, 7) is -0.398. The molecular weight excluding hydrogens is 302 g/mol. The number of nitrogens with two attached hydrogens (primary N) is 1. The molecular formula is C12H12F2N4O2S. The van der Waals surface area contributed by atoms with E-state index >= 15 is 0 Å². The van der Waals surface area contributed by atoms with Gasteiger partial charge < -0.3 is 5.43 Å². The standard InChI is InChI=1S/C12H12F2N4O2S/c13-9-3-4-10(14)8(6-9)7-17-21(19,20)11-2-1-5-16-12(11)18-15/h1-6,17H,7,15H2,(H,16,18). The molecule has 2 rings (SSSR count). The molecule has 0 saturated heterocycles. The molecule has 0 amide bonds. The molecule has 0 radical (unpaired) electrons. The number of hydrogen-bond donors (Lipinski definition) is 3. The van der Waals surface area contributed by atoms with Crippen molar-refractivity contribution in [2.45, 2.75) is 11.4 Å². The van der Waals surface area contributed by atoms with Crippen molar-refractivity contribution in [3.63, 3.8) is 0 Å². The summed E-state index contributed by atoms with van der Waals surface area (Å²) in [5.41, 5.74) is 2.05. The van der Waals surface area contributed by atoms with Crippen LogP contribution in [0, 0.1) is 11.6 Å². The lowest BCUT2D eigenvalue weighted by Crippen LogP contribution is -2.26. The summed E-state index contributed by atoms with van der Waals surface area (Å²) in [5.74, 6) is 3.77. The maximum atomic E-state index is 13.4. The first kappa shape index (κ1) is 15.3. The quantitative estimate of drug-likeness (QED) is 0.568. The average molecular weight is 314 g/mol. The summed E-state index contributed by atoms with van der Waals surface area (Å²) in [6, 6.07) is 5.49. The van der Waals surface area contributed by atoms with E-state index in [1.807, 2.05) is 0 Å².